The van der Waals surface area contributed by atoms with Gasteiger partial charge in [-0.3, -0.25) is 0 Å². The number of nitrogens with two attached hydrogens (primary N) is 1. The van der Waals surface area contributed by atoms with Gasteiger partial charge in [-0.1, -0.05) is 31.5 Å². The summed E-state index contributed by atoms with van der Waals surface area (Å²) in [4.78, 5) is 0.237. The second-order valence-corrected chi connectivity index (χ2v) is 5.88. The molecular formula is C8H17N3O2S2. The van der Waals surface area contributed by atoms with Crippen molar-refractivity contribution in [1.29, 1.82) is 0 Å². The van der Waals surface area contributed by atoms with Crippen molar-refractivity contribution in [2.45, 2.75) is 37.6 Å². The molecule has 0 saturated heterocycles. The first-order valence-corrected chi connectivity index (χ1v) is 6.83. The molecule has 0 atom stereocenters. The van der Waals surface area contributed by atoms with Crippen molar-refractivity contribution in [3.8, 4) is 0 Å². The van der Waals surface area contributed by atoms with Crippen LogP contribution in [-0.4, -0.2) is 26.0 Å². The fourth-order valence-corrected chi connectivity index (χ4v) is 3.11. The monoisotopic (exact) mass is 251 g/mol. The highest BCUT2D eigenvalue weighted by Crippen LogP contribution is 2.29. The summed E-state index contributed by atoms with van der Waals surface area (Å²) in [6.45, 7) is 0. The Kier molecular flexibility index (Phi) is 4.05. The van der Waals surface area contributed by atoms with Crippen molar-refractivity contribution in [2.75, 3.05) is 7.05 Å². The van der Waals surface area contributed by atoms with E-state index in [1.165, 1.54) is 7.05 Å². The zero-order chi connectivity index (χ0) is 11.5. The molecule has 88 valence electrons. The van der Waals surface area contributed by atoms with Crippen molar-refractivity contribution in [1.82, 2.24) is 9.44 Å². The van der Waals surface area contributed by atoms with E-state index in [1.807, 2.05) is 0 Å². The first-order valence-electron chi connectivity index (χ1n) is 4.94. The van der Waals surface area contributed by atoms with Crippen molar-refractivity contribution in [3.63, 3.8) is 0 Å². The SMILES string of the molecule is CNS(=O)(=O)NC1(C(N)=S)CCCCC1. The lowest BCUT2D eigenvalue weighted by atomic mass is 9.82. The summed E-state index contributed by atoms with van der Waals surface area (Å²) in [6.07, 6.45) is 4.37. The second kappa shape index (κ2) is 4.73. The maximum absolute atomic E-state index is 11.4. The molecule has 0 aromatic carbocycles. The quantitative estimate of drug-likeness (QED) is 0.615. The summed E-state index contributed by atoms with van der Waals surface area (Å²) in [7, 11) is -2.13. The summed E-state index contributed by atoms with van der Waals surface area (Å²) >= 11 is 4.97. The minimum atomic E-state index is -3.49. The molecule has 1 rings (SSSR count). The van der Waals surface area contributed by atoms with Crippen LogP contribution in [0.2, 0.25) is 0 Å². The van der Waals surface area contributed by atoms with Gasteiger partial charge in [0.2, 0.25) is 0 Å². The Morgan fingerprint density at radius 3 is 2.27 bits per heavy atom. The highest BCUT2D eigenvalue weighted by Gasteiger charge is 2.38. The third-order valence-corrected chi connectivity index (χ3v) is 4.36. The maximum atomic E-state index is 11.4. The first kappa shape index (κ1) is 12.8. The Morgan fingerprint density at radius 2 is 1.87 bits per heavy atom. The van der Waals surface area contributed by atoms with Gasteiger partial charge in [0.25, 0.3) is 10.2 Å². The topological polar surface area (TPSA) is 84.2 Å². The summed E-state index contributed by atoms with van der Waals surface area (Å²) in [5, 5.41) is 0. The molecule has 5 nitrogen and oxygen atoms in total. The van der Waals surface area contributed by atoms with Gasteiger partial charge in [-0.25, -0.2) is 4.72 Å². The average molecular weight is 251 g/mol. The molecular weight excluding hydrogens is 234 g/mol. The van der Waals surface area contributed by atoms with Crippen LogP contribution in [0.25, 0.3) is 0 Å². The normalized spacial score (nSPS) is 21.1. The molecule has 0 spiro atoms. The van der Waals surface area contributed by atoms with Gasteiger partial charge in [0.05, 0.1) is 10.5 Å². The lowest BCUT2D eigenvalue weighted by Crippen LogP contribution is -2.59. The highest BCUT2D eigenvalue weighted by atomic mass is 32.2. The van der Waals surface area contributed by atoms with Crippen molar-refractivity contribution in [3.05, 3.63) is 0 Å². The van der Waals surface area contributed by atoms with E-state index in [-0.39, 0.29) is 4.99 Å². The number of nitrogens with one attached hydrogen (secondary N) is 2. The summed E-state index contributed by atoms with van der Waals surface area (Å²) in [5.74, 6) is 0. The van der Waals surface area contributed by atoms with E-state index >= 15 is 0 Å². The Hall–Kier alpha value is -0.240. The van der Waals surface area contributed by atoms with Crippen LogP contribution in [0.4, 0.5) is 0 Å². The number of hydrogen-bond acceptors (Lipinski definition) is 3. The highest BCUT2D eigenvalue weighted by molar-refractivity contribution is 7.87. The van der Waals surface area contributed by atoms with Gasteiger partial charge in [-0.2, -0.15) is 13.1 Å². The summed E-state index contributed by atoms with van der Waals surface area (Å²) in [6, 6.07) is 0. The number of rotatable bonds is 4. The minimum Gasteiger partial charge on any atom is -0.392 e. The molecule has 4 N–H and O–H groups in total. The van der Waals surface area contributed by atoms with E-state index in [0.717, 1.165) is 19.3 Å². The zero-order valence-electron chi connectivity index (χ0n) is 8.75. The molecule has 0 amide bonds. The van der Waals surface area contributed by atoms with Crippen LogP contribution >= 0.6 is 12.2 Å². The summed E-state index contributed by atoms with van der Waals surface area (Å²) < 4.78 is 27.6. The van der Waals surface area contributed by atoms with Crippen LogP contribution in [0.15, 0.2) is 0 Å². The molecule has 0 bridgehead atoms. The Morgan fingerprint density at radius 1 is 1.33 bits per heavy atom. The smallest absolute Gasteiger partial charge is 0.277 e. The van der Waals surface area contributed by atoms with E-state index in [0.29, 0.717) is 12.8 Å². The molecule has 1 aliphatic carbocycles. The van der Waals surface area contributed by atoms with Gasteiger partial charge in [-0.05, 0) is 12.8 Å². The molecule has 15 heavy (non-hydrogen) atoms. The molecule has 0 aromatic rings. The molecule has 0 heterocycles. The van der Waals surface area contributed by atoms with Gasteiger partial charge >= 0.3 is 0 Å². The Balaban J connectivity index is 2.87. The molecule has 7 heteroatoms. The largest absolute Gasteiger partial charge is 0.392 e. The van der Waals surface area contributed by atoms with Gasteiger partial charge in [-0.15, -0.1) is 0 Å². The van der Waals surface area contributed by atoms with Crippen LogP contribution in [0.1, 0.15) is 32.1 Å². The van der Waals surface area contributed by atoms with Crippen LogP contribution in [-0.2, 0) is 10.2 Å². The molecule has 0 radical (unpaired) electrons. The van der Waals surface area contributed by atoms with Crippen LogP contribution < -0.4 is 15.2 Å². The predicted octanol–water partition coefficient (Wildman–Crippen LogP) is 0.0292. The maximum Gasteiger partial charge on any atom is 0.277 e. The van der Waals surface area contributed by atoms with Crippen molar-refractivity contribution < 1.29 is 8.42 Å². The molecule has 0 aliphatic heterocycles. The van der Waals surface area contributed by atoms with Crippen molar-refractivity contribution >= 4 is 27.4 Å². The minimum absolute atomic E-state index is 0.237. The average Bonchev–Trinajstić information content (AvgIpc) is 2.18. The third-order valence-electron chi connectivity index (χ3n) is 2.78. The van der Waals surface area contributed by atoms with Gasteiger partial charge in [0.15, 0.2) is 0 Å². The molecule has 1 saturated carbocycles. The second-order valence-electron chi connectivity index (χ2n) is 3.82. The molecule has 0 unspecified atom stereocenters. The third kappa shape index (κ3) is 3.10. The molecule has 1 fully saturated rings. The van der Waals surface area contributed by atoms with Crippen LogP contribution in [0.3, 0.4) is 0 Å². The van der Waals surface area contributed by atoms with E-state index in [4.69, 9.17) is 18.0 Å². The lowest BCUT2D eigenvalue weighted by molar-refractivity contribution is 0.352. The van der Waals surface area contributed by atoms with Crippen molar-refractivity contribution in [2.24, 2.45) is 5.73 Å². The first-order chi connectivity index (χ1) is 6.92. The van der Waals surface area contributed by atoms with E-state index in [1.54, 1.807) is 0 Å². The van der Waals surface area contributed by atoms with Crippen LogP contribution in [0, 0.1) is 0 Å². The number of hydrogen-bond donors (Lipinski definition) is 3. The molecule has 0 aromatic heterocycles. The van der Waals surface area contributed by atoms with Gasteiger partial charge in [0.1, 0.15) is 0 Å². The van der Waals surface area contributed by atoms with Crippen LogP contribution in [0.5, 0.6) is 0 Å². The summed E-state index contributed by atoms with van der Waals surface area (Å²) in [5.41, 5.74) is 4.91. The lowest BCUT2D eigenvalue weighted by Gasteiger charge is -2.36. The van der Waals surface area contributed by atoms with Gasteiger partial charge in [0, 0.05) is 7.05 Å². The van der Waals surface area contributed by atoms with E-state index in [2.05, 4.69) is 9.44 Å². The predicted molar refractivity (Wildman–Crippen MR) is 63.7 cm³/mol. The van der Waals surface area contributed by atoms with E-state index < -0.39 is 15.7 Å². The zero-order valence-corrected chi connectivity index (χ0v) is 10.4. The Labute approximate surface area is 96.0 Å². The standard InChI is InChI=1S/C8H17N3O2S2/c1-10-15(12,13)11-8(7(9)14)5-3-2-4-6-8/h10-11H,2-6H2,1H3,(H2,9,14). The Bertz CT molecular complexity index is 334. The number of thiocarbonyl (C=S) groups is 1. The van der Waals surface area contributed by atoms with E-state index in [9.17, 15) is 8.42 Å². The molecule has 1 aliphatic rings. The fraction of sp³-hybridized carbons (Fsp3) is 0.875. The van der Waals surface area contributed by atoms with Gasteiger partial charge < -0.3 is 5.73 Å². The fourth-order valence-electron chi connectivity index (χ4n) is 1.86.